The second-order valence-corrected chi connectivity index (χ2v) is 9.08. The van der Waals surface area contributed by atoms with Crippen LogP contribution in [0, 0.1) is 5.82 Å². The first kappa shape index (κ1) is 24.5. The molecule has 5 nitrogen and oxygen atoms in total. The highest BCUT2D eigenvalue weighted by molar-refractivity contribution is 6.31. The van der Waals surface area contributed by atoms with Crippen molar-refractivity contribution in [2.75, 3.05) is 42.9 Å². The molecule has 1 aromatic heterocycles. The predicted octanol–water partition coefficient (Wildman–Crippen LogP) is 6.27. The molecule has 1 fully saturated rings. The van der Waals surface area contributed by atoms with E-state index in [4.69, 9.17) is 34.8 Å². The number of nitrogens with one attached hydrogen (secondary N) is 1. The van der Waals surface area contributed by atoms with E-state index in [-0.39, 0.29) is 10.2 Å². The van der Waals surface area contributed by atoms with Crippen LogP contribution in [0.2, 0.25) is 15.2 Å². The Morgan fingerprint density at radius 1 is 1.03 bits per heavy atom. The highest BCUT2D eigenvalue weighted by atomic mass is 35.5. The zero-order valence-electron chi connectivity index (χ0n) is 18.1. The van der Waals surface area contributed by atoms with Crippen LogP contribution in [0.25, 0.3) is 6.08 Å². The third kappa shape index (κ3) is 6.27. The lowest BCUT2D eigenvalue weighted by atomic mass is 10.1. The Bertz CT molecular complexity index is 1200. The van der Waals surface area contributed by atoms with E-state index >= 15 is 0 Å². The standard InChI is InChI=1S/C25H22Cl3FN4O/c26-19-5-3-17(4-6-19)2-1-9-32-10-12-33(13-11-32)23-15-20(27)21(29)16-22(23)31-25(34)18-7-8-30-24(28)14-18/h1-8,14-16H,9-13H2,(H,31,34)/b2-1+. The van der Waals surface area contributed by atoms with Crippen LogP contribution >= 0.6 is 34.8 Å². The molecule has 1 amide bonds. The summed E-state index contributed by atoms with van der Waals surface area (Å²) in [5, 5.41) is 3.72. The quantitative estimate of drug-likeness (QED) is 0.390. The molecule has 9 heteroatoms. The Labute approximate surface area is 212 Å². The molecule has 1 N–H and O–H groups in total. The molecule has 4 rings (SSSR count). The molecule has 0 atom stereocenters. The minimum absolute atomic E-state index is 0.00767. The van der Waals surface area contributed by atoms with Gasteiger partial charge in [-0.1, -0.05) is 59.1 Å². The molecule has 2 heterocycles. The van der Waals surface area contributed by atoms with Crippen molar-refractivity contribution in [3.63, 3.8) is 0 Å². The highest BCUT2D eigenvalue weighted by Gasteiger charge is 2.21. The SMILES string of the molecule is O=C(Nc1cc(F)c(Cl)cc1N1CCN(C/C=C/c2ccc(Cl)cc2)CC1)c1ccnc(Cl)c1. The van der Waals surface area contributed by atoms with Crippen LogP contribution in [0.15, 0.2) is 60.8 Å². The van der Waals surface area contributed by atoms with Gasteiger partial charge in [0, 0.05) is 55.6 Å². The smallest absolute Gasteiger partial charge is 0.255 e. The van der Waals surface area contributed by atoms with Crippen molar-refractivity contribution in [1.82, 2.24) is 9.88 Å². The average Bonchev–Trinajstić information content (AvgIpc) is 2.83. The summed E-state index contributed by atoms with van der Waals surface area (Å²) >= 11 is 17.9. The van der Waals surface area contributed by atoms with E-state index in [9.17, 15) is 9.18 Å². The number of hydrogen-bond donors (Lipinski definition) is 1. The fourth-order valence-electron chi connectivity index (χ4n) is 3.72. The molecular formula is C25H22Cl3FN4O. The number of carbonyl (C=O) groups is 1. The number of anilines is 2. The van der Waals surface area contributed by atoms with Gasteiger partial charge >= 0.3 is 0 Å². The molecule has 1 aliphatic rings. The molecule has 0 aliphatic carbocycles. The Morgan fingerprint density at radius 2 is 1.76 bits per heavy atom. The number of aromatic nitrogens is 1. The van der Waals surface area contributed by atoms with Crippen molar-refractivity contribution in [1.29, 1.82) is 0 Å². The van der Waals surface area contributed by atoms with Crippen molar-refractivity contribution < 1.29 is 9.18 Å². The van der Waals surface area contributed by atoms with Crippen molar-refractivity contribution in [3.8, 4) is 0 Å². The number of nitrogens with zero attached hydrogens (tertiary/aromatic N) is 3. The first-order valence-corrected chi connectivity index (χ1v) is 11.8. The van der Waals surface area contributed by atoms with Gasteiger partial charge in [-0.15, -0.1) is 0 Å². The van der Waals surface area contributed by atoms with E-state index in [2.05, 4.69) is 32.3 Å². The number of halogens is 4. The first-order valence-electron chi connectivity index (χ1n) is 10.7. The van der Waals surface area contributed by atoms with E-state index in [1.807, 2.05) is 24.3 Å². The molecule has 0 unspecified atom stereocenters. The molecule has 0 spiro atoms. The van der Waals surface area contributed by atoms with E-state index in [1.165, 1.54) is 18.3 Å². The number of carbonyl (C=O) groups excluding carboxylic acids is 1. The Balaban J connectivity index is 1.41. The minimum atomic E-state index is -0.598. The number of piperazine rings is 1. The fourth-order valence-corrected chi connectivity index (χ4v) is 4.18. The normalized spacial score (nSPS) is 14.5. The first-order chi connectivity index (χ1) is 16.4. The summed E-state index contributed by atoms with van der Waals surface area (Å²) in [5.41, 5.74) is 2.46. The third-order valence-electron chi connectivity index (χ3n) is 5.53. The number of benzene rings is 2. The van der Waals surface area contributed by atoms with Gasteiger partial charge in [-0.3, -0.25) is 9.69 Å². The second kappa shape index (κ2) is 11.2. The second-order valence-electron chi connectivity index (χ2n) is 7.85. The largest absolute Gasteiger partial charge is 0.367 e. The Morgan fingerprint density at radius 3 is 2.47 bits per heavy atom. The summed E-state index contributed by atoms with van der Waals surface area (Å²) in [4.78, 5) is 21.0. The lowest BCUT2D eigenvalue weighted by Crippen LogP contribution is -2.46. The summed E-state index contributed by atoms with van der Waals surface area (Å²) < 4.78 is 14.3. The molecule has 34 heavy (non-hydrogen) atoms. The van der Waals surface area contributed by atoms with Gasteiger partial charge in [-0.05, 0) is 35.9 Å². The predicted molar refractivity (Wildman–Crippen MR) is 138 cm³/mol. The zero-order chi connectivity index (χ0) is 24.1. The zero-order valence-corrected chi connectivity index (χ0v) is 20.4. The molecule has 0 bridgehead atoms. The number of rotatable bonds is 6. The van der Waals surface area contributed by atoms with Crippen LogP contribution in [0.4, 0.5) is 15.8 Å². The number of amides is 1. The van der Waals surface area contributed by atoms with Crippen LogP contribution in [-0.2, 0) is 0 Å². The van der Waals surface area contributed by atoms with Crippen molar-refractivity contribution in [2.24, 2.45) is 0 Å². The highest BCUT2D eigenvalue weighted by Crippen LogP contribution is 2.33. The van der Waals surface area contributed by atoms with Gasteiger partial charge in [-0.2, -0.15) is 0 Å². The maximum absolute atomic E-state index is 14.3. The molecule has 2 aromatic carbocycles. The average molecular weight is 520 g/mol. The Kier molecular flexibility index (Phi) is 8.06. The molecule has 0 saturated carbocycles. The van der Waals surface area contributed by atoms with E-state index in [0.717, 1.165) is 25.2 Å². The molecule has 0 radical (unpaired) electrons. The third-order valence-corrected chi connectivity index (χ3v) is 6.28. The van der Waals surface area contributed by atoms with Crippen LogP contribution in [0.1, 0.15) is 15.9 Å². The number of pyridine rings is 1. The minimum Gasteiger partial charge on any atom is -0.367 e. The Hall–Kier alpha value is -2.64. The summed E-state index contributed by atoms with van der Waals surface area (Å²) in [5.74, 6) is -1.00. The lowest BCUT2D eigenvalue weighted by Gasteiger charge is -2.36. The van der Waals surface area contributed by atoms with E-state index in [1.54, 1.807) is 12.1 Å². The van der Waals surface area contributed by atoms with Gasteiger partial charge in [0.15, 0.2) is 0 Å². The maximum Gasteiger partial charge on any atom is 0.255 e. The molecule has 176 valence electrons. The monoisotopic (exact) mass is 518 g/mol. The maximum atomic E-state index is 14.3. The summed E-state index contributed by atoms with van der Waals surface area (Å²) in [6.45, 7) is 3.86. The topological polar surface area (TPSA) is 48.5 Å². The molecular weight excluding hydrogens is 498 g/mol. The van der Waals surface area contributed by atoms with Gasteiger partial charge in [0.1, 0.15) is 11.0 Å². The van der Waals surface area contributed by atoms with Gasteiger partial charge in [0.05, 0.1) is 16.4 Å². The van der Waals surface area contributed by atoms with Gasteiger partial charge < -0.3 is 10.2 Å². The van der Waals surface area contributed by atoms with Crippen LogP contribution in [-0.4, -0.2) is 48.5 Å². The molecule has 1 saturated heterocycles. The fraction of sp³-hybridized carbons (Fsp3) is 0.200. The van der Waals surface area contributed by atoms with Crippen LogP contribution in [0.5, 0.6) is 0 Å². The molecule has 1 aliphatic heterocycles. The lowest BCUT2D eigenvalue weighted by molar-refractivity contribution is 0.102. The number of hydrogen-bond acceptors (Lipinski definition) is 4. The molecule has 3 aromatic rings. The van der Waals surface area contributed by atoms with Gasteiger partial charge in [-0.25, -0.2) is 9.37 Å². The summed E-state index contributed by atoms with van der Waals surface area (Å²) in [6.07, 6.45) is 5.64. The van der Waals surface area contributed by atoms with Gasteiger partial charge in [0.2, 0.25) is 0 Å². The van der Waals surface area contributed by atoms with E-state index in [0.29, 0.717) is 35.1 Å². The van der Waals surface area contributed by atoms with Crippen molar-refractivity contribution >= 4 is 58.2 Å². The van der Waals surface area contributed by atoms with Gasteiger partial charge in [0.25, 0.3) is 5.91 Å². The van der Waals surface area contributed by atoms with Crippen molar-refractivity contribution in [2.45, 2.75) is 0 Å². The summed E-state index contributed by atoms with van der Waals surface area (Å²) in [7, 11) is 0. The summed E-state index contributed by atoms with van der Waals surface area (Å²) in [6, 6.07) is 13.5. The van der Waals surface area contributed by atoms with Crippen molar-refractivity contribution in [3.05, 3.63) is 92.9 Å². The van der Waals surface area contributed by atoms with Crippen LogP contribution < -0.4 is 10.2 Å². The van der Waals surface area contributed by atoms with E-state index < -0.39 is 11.7 Å². The van der Waals surface area contributed by atoms with Crippen LogP contribution in [0.3, 0.4) is 0 Å².